The summed E-state index contributed by atoms with van der Waals surface area (Å²) in [5, 5.41) is 10.3. The third-order valence-corrected chi connectivity index (χ3v) is 5.06. The van der Waals surface area contributed by atoms with E-state index < -0.39 is 0 Å². The van der Waals surface area contributed by atoms with Gasteiger partial charge in [-0.3, -0.25) is 14.7 Å². The number of H-pyrrole nitrogens is 1. The molecule has 1 aromatic rings. The molecule has 0 spiro atoms. The quantitative estimate of drug-likeness (QED) is 0.801. The fourth-order valence-corrected chi connectivity index (χ4v) is 4.03. The zero-order chi connectivity index (χ0) is 14.4. The molecule has 1 aliphatic heterocycles. The van der Waals surface area contributed by atoms with Gasteiger partial charge in [-0.2, -0.15) is 5.10 Å². The zero-order valence-electron chi connectivity index (χ0n) is 12.0. The third kappa shape index (κ3) is 2.04. The van der Waals surface area contributed by atoms with E-state index in [0.717, 1.165) is 56.2 Å². The van der Waals surface area contributed by atoms with Crippen molar-refractivity contribution in [2.24, 2.45) is 0 Å². The molecule has 4 rings (SSSR count). The van der Waals surface area contributed by atoms with E-state index in [0.29, 0.717) is 5.69 Å². The number of aromatic nitrogens is 2. The van der Waals surface area contributed by atoms with Gasteiger partial charge in [0, 0.05) is 17.3 Å². The smallest absolute Gasteiger partial charge is 0.275 e. The van der Waals surface area contributed by atoms with Crippen LogP contribution in [-0.4, -0.2) is 45.5 Å². The van der Waals surface area contributed by atoms with Gasteiger partial charge in [0.2, 0.25) is 5.91 Å². The highest BCUT2D eigenvalue weighted by Gasteiger charge is 2.40. The van der Waals surface area contributed by atoms with E-state index in [1.54, 1.807) is 4.90 Å². The van der Waals surface area contributed by atoms with E-state index in [1.807, 2.05) is 0 Å². The molecule has 1 aromatic heterocycles. The Balaban J connectivity index is 1.64. The predicted octanol–water partition coefficient (Wildman–Crippen LogP) is 0.782. The normalized spacial score (nSPS) is 28.0. The molecule has 0 aromatic carbocycles. The number of piperazine rings is 1. The number of hydrogen-bond donors (Lipinski definition) is 2. The standard InChI is InChI=1S/C15H20N4O2/c20-13-8-19(12-7-2-1-5-11(12)16-13)15(21)14-9-4-3-6-10(9)17-18-14/h11-12H,1-8H2,(H,16,20)(H,17,18)/t11-,12+/m0/s1. The Bertz CT molecular complexity index is 594. The van der Waals surface area contributed by atoms with E-state index in [2.05, 4.69) is 15.5 Å². The first-order valence-electron chi connectivity index (χ1n) is 7.90. The number of hydrogen-bond acceptors (Lipinski definition) is 3. The van der Waals surface area contributed by atoms with Crippen LogP contribution < -0.4 is 5.32 Å². The molecule has 0 unspecified atom stereocenters. The summed E-state index contributed by atoms with van der Waals surface area (Å²) in [5.74, 6) is -0.111. The third-order valence-electron chi connectivity index (χ3n) is 5.06. The lowest BCUT2D eigenvalue weighted by atomic mass is 9.87. The Kier molecular flexibility index (Phi) is 2.97. The first-order valence-corrected chi connectivity index (χ1v) is 7.90. The van der Waals surface area contributed by atoms with Crippen LogP contribution in [0.5, 0.6) is 0 Å². The minimum Gasteiger partial charge on any atom is -0.350 e. The Morgan fingerprint density at radius 1 is 1.19 bits per heavy atom. The number of nitrogens with zero attached hydrogens (tertiary/aromatic N) is 2. The van der Waals surface area contributed by atoms with Crippen LogP contribution in [0, 0.1) is 0 Å². The molecule has 6 nitrogen and oxygen atoms in total. The number of nitrogens with one attached hydrogen (secondary N) is 2. The second-order valence-electron chi connectivity index (χ2n) is 6.34. The monoisotopic (exact) mass is 288 g/mol. The van der Waals surface area contributed by atoms with E-state index >= 15 is 0 Å². The average Bonchev–Trinajstić information content (AvgIpc) is 3.08. The molecule has 0 radical (unpaired) electrons. The average molecular weight is 288 g/mol. The van der Waals surface area contributed by atoms with Crippen molar-refractivity contribution < 1.29 is 9.59 Å². The maximum absolute atomic E-state index is 12.9. The number of carbonyl (C=O) groups excluding carboxylic acids is 2. The van der Waals surface area contributed by atoms with Gasteiger partial charge in [0.05, 0.1) is 6.04 Å². The number of amides is 2. The van der Waals surface area contributed by atoms with E-state index in [1.165, 1.54) is 0 Å². The number of rotatable bonds is 1. The lowest BCUT2D eigenvalue weighted by Gasteiger charge is -2.43. The molecule has 2 fully saturated rings. The fourth-order valence-electron chi connectivity index (χ4n) is 4.03. The van der Waals surface area contributed by atoms with Crippen LogP contribution in [0.15, 0.2) is 0 Å². The Labute approximate surface area is 123 Å². The largest absolute Gasteiger partial charge is 0.350 e. The predicted molar refractivity (Wildman–Crippen MR) is 75.8 cm³/mol. The number of aromatic amines is 1. The van der Waals surface area contributed by atoms with Crippen molar-refractivity contribution in [2.75, 3.05) is 6.54 Å². The molecule has 2 heterocycles. The van der Waals surface area contributed by atoms with Crippen molar-refractivity contribution in [3.05, 3.63) is 17.0 Å². The molecular formula is C15H20N4O2. The van der Waals surface area contributed by atoms with Crippen molar-refractivity contribution in [3.8, 4) is 0 Å². The molecule has 2 atom stereocenters. The summed E-state index contributed by atoms with van der Waals surface area (Å²) in [5.41, 5.74) is 2.71. The minimum atomic E-state index is -0.0684. The Morgan fingerprint density at radius 2 is 2.05 bits per heavy atom. The number of fused-ring (bicyclic) bond motifs is 2. The van der Waals surface area contributed by atoms with Gasteiger partial charge in [0.1, 0.15) is 6.54 Å². The van der Waals surface area contributed by atoms with Crippen LogP contribution in [0.2, 0.25) is 0 Å². The summed E-state index contributed by atoms with van der Waals surface area (Å²) in [7, 11) is 0. The minimum absolute atomic E-state index is 0.0429. The van der Waals surface area contributed by atoms with Gasteiger partial charge in [0.25, 0.3) is 5.91 Å². The Hall–Kier alpha value is -1.85. The Morgan fingerprint density at radius 3 is 2.95 bits per heavy atom. The first-order chi connectivity index (χ1) is 10.2. The van der Waals surface area contributed by atoms with Crippen molar-refractivity contribution >= 4 is 11.8 Å². The summed E-state index contributed by atoms with van der Waals surface area (Å²) in [6.45, 7) is 0.168. The molecule has 2 amide bonds. The summed E-state index contributed by atoms with van der Waals surface area (Å²) >= 11 is 0. The fraction of sp³-hybridized carbons (Fsp3) is 0.667. The molecule has 0 bridgehead atoms. The highest BCUT2D eigenvalue weighted by molar-refractivity contribution is 5.97. The second kappa shape index (κ2) is 4.86. The van der Waals surface area contributed by atoms with Crippen molar-refractivity contribution in [3.63, 3.8) is 0 Å². The van der Waals surface area contributed by atoms with Crippen molar-refractivity contribution in [1.82, 2.24) is 20.4 Å². The van der Waals surface area contributed by atoms with Gasteiger partial charge in [-0.25, -0.2) is 0 Å². The van der Waals surface area contributed by atoms with Crippen molar-refractivity contribution in [1.29, 1.82) is 0 Å². The van der Waals surface area contributed by atoms with Crippen LogP contribution >= 0.6 is 0 Å². The van der Waals surface area contributed by atoms with Gasteiger partial charge >= 0.3 is 0 Å². The molecule has 2 aliphatic carbocycles. The molecular weight excluding hydrogens is 268 g/mol. The highest BCUT2D eigenvalue weighted by Crippen LogP contribution is 2.29. The van der Waals surface area contributed by atoms with Crippen LogP contribution in [0.4, 0.5) is 0 Å². The lowest BCUT2D eigenvalue weighted by molar-refractivity contribution is -0.127. The summed E-state index contributed by atoms with van der Waals surface area (Å²) in [4.78, 5) is 26.5. The van der Waals surface area contributed by atoms with Gasteiger partial charge in [-0.15, -0.1) is 0 Å². The lowest BCUT2D eigenvalue weighted by Crippen LogP contribution is -2.63. The second-order valence-corrected chi connectivity index (χ2v) is 6.34. The molecule has 21 heavy (non-hydrogen) atoms. The van der Waals surface area contributed by atoms with Crippen LogP contribution in [0.1, 0.15) is 53.8 Å². The first kappa shape index (κ1) is 12.9. The van der Waals surface area contributed by atoms with Gasteiger partial charge < -0.3 is 10.2 Å². The SMILES string of the molecule is O=C1CN(C(=O)c2n[nH]c3c2CCC3)[C@@H]2CCCC[C@@H]2N1. The summed E-state index contributed by atoms with van der Waals surface area (Å²) in [6.07, 6.45) is 7.17. The molecule has 2 N–H and O–H groups in total. The summed E-state index contributed by atoms with van der Waals surface area (Å²) in [6, 6.07) is 0.258. The van der Waals surface area contributed by atoms with E-state index in [-0.39, 0.29) is 30.4 Å². The maximum Gasteiger partial charge on any atom is 0.275 e. The van der Waals surface area contributed by atoms with E-state index in [4.69, 9.17) is 0 Å². The van der Waals surface area contributed by atoms with Crippen molar-refractivity contribution in [2.45, 2.75) is 57.0 Å². The molecule has 1 saturated carbocycles. The van der Waals surface area contributed by atoms with Crippen LogP contribution in [-0.2, 0) is 17.6 Å². The summed E-state index contributed by atoms with van der Waals surface area (Å²) < 4.78 is 0. The molecule has 3 aliphatic rings. The van der Waals surface area contributed by atoms with Gasteiger partial charge in [-0.05, 0) is 32.1 Å². The van der Waals surface area contributed by atoms with Crippen LogP contribution in [0.3, 0.4) is 0 Å². The zero-order valence-corrected chi connectivity index (χ0v) is 12.0. The topological polar surface area (TPSA) is 78.1 Å². The van der Waals surface area contributed by atoms with E-state index in [9.17, 15) is 9.59 Å². The van der Waals surface area contributed by atoms with Gasteiger partial charge in [-0.1, -0.05) is 12.8 Å². The molecule has 1 saturated heterocycles. The number of aryl methyl sites for hydroxylation is 1. The maximum atomic E-state index is 12.9. The van der Waals surface area contributed by atoms with Gasteiger partial charge in [0.15, 0.2) is 5.69 Å². The van der Waals surface area contributed by atoms with Crippen LogP contribution in [0.25, 0.3) is 0 Å². The molecule has 6 heteroatoms. The number of carbonyl (C=O) groups is 2. The highest BCUT2D eigenvalue weighted by atomic mass is 16.2. The molecule has 112 valence electrons.